The standard InChI is InChI=1S/C28H25ClFN5O2S/c1-14-12-31-21(16-5-4-6-20(25(16)30)33-27(37)28(3)7-8-28)11-23(14)35-15(2)9-19(24(29)26(35)36)17-10-18(17)22-13-32-38-34-22/h4-6,9,11-13,17-18H,7-8,10H2,1-3H3,(H,33,37)/t17-,18?/m1/s1. The van der Waals surface area contributed by atoms with Crippen LogP contribution in [0.3, 0.4) is 0 Å². The molecule has 0 radical (unpaired) electrons. The molecule has 6 rings (SSSR count). The molecule has 7 nitrogen and oxygen atoms in total. The van der Waals surface area contributed by atoms with Crippen LogP contribution in [0.25, 0.3) is 16.9 Å². The van der Waals surface area contributed by atoms with E-state index in [1.807, 2.05) is 26.8 Å². The number of nitrogens with one attached hydrogen (secondary N) is 1. The van der Waals surface area contributed by atoms with Gasteiger partial charge in [0.15, 0.2) is 5.82 Å². The molecule has 2 fully saturated rings. The molecule has 0 aliphatic heterocycles. The average Bonchev–Trinajstić information content (AvgIpc) is 3.80. The van der Waals surface area contributed by atoms with Crippen molar-refractivity contribution in [3.8, 4) is 16.9 Å². The van der Waals surface area contributed by atoms with E-state index in [1.165, 1.54) is 17.8 Å². The Morgan fingerprint density at radius 3 is 2.71 bits per heavy atom. The Bertz CT molecular complexity index is 1650. The van der Waals surface area contributed by atoms with Crippen molar-refractivity contribution in [2.45, 2.75) is 51.9 Å². The highest BCUT2D eigenvalue weighted by Gasteiger charge is 2.45. The Labute approximate surface area is 228 Å². The SMILES string of the molecule is Cc1cnc(-c2cccc(NC(=O)C3(C)CC3)c2F)cc1-n1c(C)cc([C@@H]2CC2c2cnsn2)c(Cl)c1=O. The van der Waals surface area contributed by atoms with Gasteiger partial charge in [0.05, 0.1) is 40.7 Å². The summed E-state index contributed by atoms with van der Waals surface area (Å²) in [5.74, 6) is -0.409. The molecule has 0 saturated heterocycles. The van der Waals surface area contributed by atoms with Gasteiger partial charge in [-0.3, -0.25) is 19.1 Å². The molecule has 4 aromatic rings. The number of rotatable bonds is 6. The number of amides is 1. The van der Waals surface area contributed by atoms with Gasteiger partial charge < -0.3 is 5.32 Å². The van der Waals surface area contributed by atoms with Gasteiger partial charge in [-0.1, -0.05) is 24.6 Å². The van der Waals surface area contributed by atoms with Gasteiger partial charge in [-0.05, 0) is 74.4 Å². The zero-order valence-corrected chi connectivity index (χ0v) is 22.7. The molecule has 2 saturated carbocycles. The number of aryl methyl sites for hydroxylation is 2. The number of aromatic nitrogens is 4. The normalized spacial score (nSPS) is 19.3. The minimum atomic E-state index is -0.568. The minimum Gasteiger partial charge on any atom is -0.323 e. The molecule has 1 aromatic carbocycles. The number of halogens is 2. The Balaban J connectivity index is 1.36. The summed E-state index contributed by atoms with van der Waals surface area (Å²) in [5, 5.41) is 2.89. The van der Waals surface area contributed by atoms with Crippen molar-refractivity contribution in [2.75, 3.05) is 5.32 Å². The zero-order chi connectivity index (χ0) is 26.8. The Morgan fingerprint density at radius 2 is 2.00 bits per heavy atom. The average molecular weight is 550 g/mol. The van der Waals surface area contributed by atoms with E-state index < -0.39 is 11.2 Å². The highest BCUT2D eigenvalue weighted by Crippen LogP contribution is 2.55. The van der Waals surface area contributed by atoms with Gasteiger partial charge in [0.2, 0.25) is 5.91 Å². The van der Waals surface area contributed by atoms with Crippen LogP contribution in [0.2, 0.25) is 5.02 Å². The largest absolute Gasteiger partial charge is 0.323 e. The van der Waals surface area contributed by atoms with Gasteiger partial charge in [0.1, 0.15) is 5.02 Å². The molecule has 0 spiro atoms. The molecular weight excluding hydrogens is 525 g/mol. The zero-order valence-electron chi connectivity index (χ0n) is 21.1. The summed E-state index contributed by atoms with van der Waals surface area (Å²) >= 11 is 7.82. The fourth-order valence-electron chi connectivity index (χ4n) is 4.92. The van der Waals surface area contributed by atoms with E-state index >= 15 is 4.39 Å². The van der Waals surface area contributed by atoms with Crippen LogP contribution in [0.15, 0.2) is 47.5 Å². The lowest BCUT2D eigenvalue weighted by atomic mass is 10.1. The lowest BCUT2D eigenvalue weighted by Crippen LogP contribution is -2.23. The molecule has 2 atom stereocenters. The second-order valence-corrected chi connectivity index (χ2v) is 11.4. The number of anilines is 1. The van der Waals surface area contributed by atoms with Gasteiger partial charge in [0.25, 0.3) is 5.56 Å². The first-order valence-corrected chi connectivity index (χ1v) is 13.6. The Hall–Kier alpha value is -3.43. The number of carbonyl (C=O) groups excluding carboxylic acids is 1. The molecule has 2 aliphatic carbocycles. The van der Waals surface area contributed by atoms with Crippen molar-refractivity contribution in [1.82, 2.24) is 18.3 Å². The van der Waals surface area contributed by atoms with Crippen molar-refractivity contribution >= 4 is 34.9 Å². The number of hydrogen-bond acceptors (Lipinski definition) is 6. The maximum atomic E-state index is 15.5. The molecule has 1 amide bonds. The van der Waals surface area contributed by atoms with Gasteiger partial charge in [-0.2, -0.15) is 8.75 Å². The lowest BCUT2D eigenvalue weighted by Gasteiger charge is -2.17. The van der Waals surface area contributed by atoms with Crippen molar-refractivity contribution in [3.05, 3.63) is 86.4 Å². The Morgan fingerprint density at radius 1 is 1.21 bits per heavy atom. The molecule has 0 bridgehead atoms. The van der Waals surface area contributed by atoms with E-state index in [4.69, 9.17) is 11.6 Å². The van der Waals surface area contributed by atoms with E-state index in [9.17, 15) is 9.59 Å². The van der Waals surface area contributed by atoms with Crippen LogP contribution in [-0.4, -0.2) is 24.2 Å². The summed E-state index contributed by atoms with van der Waals surface area (Å²) < 4.78 is 25.5. The summed E-state index contributed by atoms with van der Waals surface area (Å²) in [4.78, 5) is 30.5. The first kappa shape index (κ1) is 24.9. The first-order valence-electron chi connectivity index (χ1n) is 12.4. The topological polar surface area (TPSA) is 89.8 Å². The third-order valence-corrected chi connectivity index (χ3v) is 8.57. The van der Waals surface area contributed by atoms with E-state index in [1.54, 1.807) is 35.2 Å². The molecule has 3 aromatic heterocycles. The summed E-state index contributed by atoms with van der Waals surface area (Å²) in [6, 6.07) is 8.46. The van der Waals surface area contributed by atoms with Crippen molar-refractivity contribution in [1.29, 1.82) is 0 Å². The number of hydrogen-bond donors (Lipinski definition) is 1. The smallest absolute Gasteiger partial charge is 0.274 e. The summed E-state index contributed by atoms with van der Waals surface area (Å²) in [7, 11) is 0. The van der Waals surface area contributed by atoms with E-state index in [-0.39, 0.29) is 39.6 Å². The highest BCUT2D eigenvalue weighted by molar-refractivity contribution is 6.99. The first-order chi connectivity index (χ1) is 18.2. The maximum Gasteiger partial charge on any atom is 0.274 e. The van der Waals surface area contributed by atoms with Gasteiger partial charge in [-0.15, -0.1) is 0 Å². The van der Waals surface area contributed by atoms with Crippen LogP contribution in [-0.2, 0) is 4.79 Å². The van der Waals surface area contributed by atoms with Gasteiger partial charge >= 0.3 is 0 Å². The number of pyridine rings is 2. The summed E-state index contributed by atoms with van der Waals surface area (Å²) in [5.41, 5.74) is 3.71. The van der Waals surface area contributed by atoms with Crippen LogP contribution < -0.4 is 10.9 Å². The summed E-state index contributed by atoms with van der Waals surface area (Å²) in [6.45, 7) is 5.57. The number of nitrogens with zero attached hydrogens (tertiary/aromatic N) is 4. The molecule has 1 N–H and O–H groups in total. The summed E-state index contributed by atoms with van der Waals surface area (Å²) in [6.07, 6.45) is 5.84. The third kappa shape index (κ3) is 4.23. The predicted molar refractivity (Wildman–Crippen MR) is 146 cm³/mol. The van der Waals surface area contributed by atoms with Crippen molar-refractivity contribution in [3.63, 3.8) is 0 Å². The van der Waals surface area contributed by atoms with Crippen LogP contribution >= 0.6 is 23.3 Å². The fourth-order valence-corrected chi connectivity index (χ4v) is 5.68. The second kappa shape index (κ2) is 9.10. The Kier molecular flexibility index (Phi) is 5.96. The van der Waals surface area contributed by atoms with Crippen LogP contribution in [0.1, 0.15) is 60.5 Å². The monoisotopic (exact) mass is 549 g/mol. The van der Waals surface area contributed by atoms with E-state index in [0.29, 0.717) is 11.4 Å². The van der Waals surface area contributed by atoms with E-state index in [2.05, 4.69) is 19.0 Å². The van der Waals surface area contributed by atoms with Crippen molar-refractivity contribution in [2.24, 2.45) is 5.41 Å². The number of carbonyl (C=O) groups is 1. The van der Waals surface area contributed by atoms with Gasteiger partial charge in [-0.25, -0.2) is 4.39 Å². The molecule has 1 unspecified atom stereocenters. The molecule has 10 heteroatoms. The van der Waals surface area contributed by atoms with Crippen LogP contribution in [0.5, 0.6) is 0 Å². The molecule has 3 heterocycles. The fraction of sp³-hybridized carbons (Fsp3) is 0.321. The van der Waals surface area contributed by atoms with Crippen LogP contribution in [0, 0.1) is 25.1 Å². The third-order valence-electron chi connectivity index (χ3n) is 7.70. The van der Waals surface area contributed by atoms with Crippen molar-refractivity contribution < 1.29 is 9.18 Å². The number of benzene rings is 1. The highest BCUT2D eigenvalue weighted by atomic mass is 35.5. The molecule has 194 valence electrons. The maximum absolute atomic E-state index is 15.5. The predicted octanol–water partition coefficient (Wildman–Crippen LogP) is 6.17. The molecular formula is C28H25ClFN5O2S. The lowest BCUT2D eigenvalue weighted by molar-refractivity contribution is -0.120. The second-order valence-electron chi connectivity index (χ2n) is 10.5. The quantitative estimate of drug-likeness (QED) is 0.310. The molecule has 2 aliphatic rings. The van der Waals surface area contributed by atoms with Gasteiger partial charge in [0, 0.05) is 28.8 Å². The molecule has 38 heavy (non-hydrogen) atoms. The van der Waals surface area contributed by atoms with Crippen LogP contribution in [0.4, 0.5) is 10.1 Å². The minimum absolute atomic E-state index is 0.111. The van der Waals surface area contributed by atoms with E-state index in [0.717, 1.165) is 41.8 Å².